The molecule has 0 unspecified atom stereocenters. The molecule has 7 aromatic rings. The molecule has 0 radical (unpaired) electrons. The van der Waals surface area contributed by atoms with E-state index >= 15 is 0 Å². The van der Waals surface area contributed by atoms with Gasteiger partial charge in [0.15, 0.2) is 0 Å². The highest BCUT2D eigenvalue weighted by atomic mass is 32.2. The van der Waals surface area contributed by atoms with E-state index in [9.17, 15) is 0 Å². The zero-order valence-electron chi connectivity index (χ0n) is 23.3. The first kappa shape index (κ1) is 24.5. The van der Waals surface area contributed by atoms with E-state index in [2.05, 4.69) is 157 Å². The number of para-hydroxylation sites is 3. The maximum atomic E-state index is 5.21. The fourth-order valence-corrected chi connectivity index (χ4v) is 7.88. The van der Waals surface area contributed by atoms with Crippen LogP contribution in [0.3, 0.4) is 0 Å². The lowest BCUT2D eigenvalue weighted by Gasteiger charge is -2.33. The number of aromatic nitrogens is 1. The SMILES string of the molecule is c1ccc(-c2cc(N3c4ccccc4Sc4ccccc43)ccc2B2c3ccccc3-c3nc4ccccc4cc32)cc1. The molecule has 9 rings (SSSR count). The van der Waals surface area contributed by atoms with Crippen molar-refractivity contribution in [2.75, 3.05) is 4.90 Å². The van der Waals surface area contributed by atoms with Crippen molar-refractivity contribution in [2.24, 2.45) is 0 Å². The molecule has 2 nitrogen and oxygen atoms in total. The van der Waals surface area contributed by atoms with Crippen LogP contribution in [0.2, 0.25) is 0 Å². The van der Waals surface area contributed by atoms with Gasteiger partial charge in [-0.2, -0.15) is 0 Å². The zero-order valence-corrected chi connectivity index (χ0v) is 24.1. The second-order valence-corrected chi connectivity index (χ2v) is 12.2. The van der Waals surface area contributed by atoms with Gasteiger partial charge in [0.05, 0.1) is 22.6 Å². The van der Waals surface area contributed by atoms with Crippen LogP contribution in [0.25, 0.3) is 33.3 Å². The van der Waals surface area contributed by atoms with E-state index in [4.69, 9.17) is 4.98 Å². The van der Waals surface area contributed by atoms with Crippen molar-refractivity contribution >= 4 is 62.8 Å². The van der Waals surface area contributed by atoms with Crippen LogP contribution in [0.1, 0.15) is 0 Å². The summed E-state index contributed by atoms with van der Waals surface area (Å²) in [7, 11) is 0. The quantitative estimate of drug-likeness (QED) is 0.201. The number of anilines is 3. The van der Waals surface area contributed by atoms with Gasteiger partial charge in [-0.3, -0.25) is 0 Å². The van der Waals surface area contributed by atoms with Crippen molar-refractivity contribution in [3.05, 3.63) is 152 Å². The van der Waals surface area contributed by atoms with Crippen LogP contribution in [0.4, 0.5) is 17.1 Å². The molecular formula is C39H25BN2S. The van der Waals surface area contributed by atoms with Gasteiger partial charge in [0.2, 0.25) is 6.71 Å². The van der Waals surface area contributed by atoms with Crippen molar-refractivity contribution in [1.82, 2.24) is 4.98 Å². The third-order valence-corrected chi connectivity index (χ3v) is 9.84. The average Bonchev–Trinajstić information content (AvgIpc) is 3.39. The number of hydrogen-bond acceptors (Lipinski definition) is 3. The minimum absolute atomic E-state index is 0.0871. The van der Waals surface area contributed by atoms with Gasteiger partial charge in [0, 0.05) is 15.5 Å². The summed E-state index contributed by atoms with van der Waals surface area (Å²) in [4.78, 5) is 10.2. The highest BCUT2D eigenvalue weighted by molar-refractivity contribution is 7.99. The molecule has 1 aromatic heterocycles. The molecule has 3 heterocycles. The Labute approximate surface area is 255 Å². The maximum absolute atomic E-state index is 5.21. The van der Waals surface area contributed by atoms with Crippen LogP contribution in [0, 0.1) is 0 Å². The van der Waals surface area contributed by atoms with E-state index in [0.717, 1.165) is 16.9 Å². The minimum atomic E-state index is 0.0871. The summed E-state index contributed by atoms with van der Waals surface area (Å²) in [6.45, 7) is 0.0871. The van der Waals surface area contributed by atoms with E-state index in [0.29, 0.717) is 0 Å². The largest absolute Gasteiger partial charge is 0.308 e. The van der Waals surface area contributed by atoms with Gasteiger partial charge >= 0.3 is 0 Å². The lowest BCUT2D eigenvalue weighted by atomic mass is 9.38. The zero-order chi connectivity index (χ0) is 28.3. The number of pyridine rings is 1. The molecule has 2 aliphatic rings. The van der Waals surface area contributed by atoms with Crippen molar-refractivity contribution in [3.8, 4) is 22.4 Å². The lowest BCUT2D eigenvalue weighted by Crippen LogP contribution is -2.49. The molecule has 0 atom stereocenters. The third-order valence-electron chi connectivity index (χ3n) is 8.71. The van der Waals surface area contributed by atoms with Crippen molar-refractivity contribution in [2.45, 2.75) is 9.79 Å². The Morgan fingerprint density at radius 2 is 1.16 bits per heavy atom. The highest BCUT2D eigenvalue weighted by Gasteiger charge is 2.36. The molecule has 0 saturated heterocycles. The Morgan fingerprint density at radius 1 is 0.512 bits per heavy atom. The standard InChI is InChI=1S/C39H25BN2S/c1-2-12-26(13-3-1)30-25-28(42-35-18-8-10-20-37(35)43-38-21-11-9-19-36(38)42)22-23-32(30)40-31-16-6-5-15-29(31)39-33(40)24-27-14-4-7-17-34(27)41-39/h1-25H. The van der Waals surface area contributed by atoms with Gasteiger partial charge in [-0.1, -0.05) is 132 Å². The number of fused-ring (bicyclic) bond motifs is 6. The Morgan fingerprint density at radius 3 is 1.98 bits per heavy atom. The second-order valence-electron chi connectivity index (χ2n) is 11.1. The Kier molecular flexibility index (Phi) is 5.57. The number of rotatable bonds is 3. The molecular weight excluding hydrogens is 539 g/mol. The summed E-state index contributed by atoms with van der Waals surface area (Å²) in [5, 5.41) is 1.18. The Balaban J connectivity index is 1.29. The molecule has 43 heavy (non-hydrogen) atoms. The third kappa shape index (κ3) is 3.87. The molecule has 2 aliphatic heterocycles. The summed E-state index contributed by atoms with van der Waals surface area (Å²) in [6, 6.07) is 54.9. The first-order chi connectivity index (χ1) is 21.3. The molecule has 0 spiro atoms. The molecule has 0 fully saturated rings. The summed E-state index contributed by atoms with van der Waals surface area (Å²) in [5.74, 6) is 0. The van der Waals surface area contributed by atoms with Crippen LogP contribution in [0.15, 0.2) is 161 Å². The molecule has 4 heteroatoms. The number of nitrogens with zero attached hydrogens (tertiary/aromatic N) is 2. The van der Waals surface area contributed by atoms with Gasteiger partial charge in [0.1, 0.15) is 0 Å². The van der Waals surface area contributed by atoms with Crippen LogP contribution in [-0.4, -0.2) is 11.7 Å². The van der Waals surface area contributed by atoms with Crippen molar-refractivity contribution in [1.29, 1.82) is 0 Å². The molecule has 0 aliphatic carbocycles. The summed E-state index contributed by atoms with van der Waals surface area (Å²) in [5.41, 5.74) is 13.3. The van der Waals surface area contributed by atoms with Crippen LogP contribution in [0.5, 0.6) is 0 Å². The average molecular weight is 565 g/mol. The number of benzene rings is 6. The summed E-state index contributed by atoms with van der Waals surface area (Å²) in [6.07, 6.45) is 0. The van der Waals surface area contributed by atoms with E-state index in [1.807, 2.05) is 11.8 Å². The predicted molar refractivity (Wildman–Crippen MR) is 183 cm³/mol. The van der Waals surface area contributed by atoms with Gasteiger partial charge in [-0.15, -0.1) is 0 Å². The lowest BCUT2D eigenvalue weighted by molar-refractivity contribution is 1.17. The topological polar surface area (TPSA) is 16.1 Å². The van der Waals surface area contributed by atoms with Gasteiger partial charge < -0.3 is 4.90 Å². The first-order valence-electron chi connectivity index (χ1n) is 14.7. The molecule has 0 saturated carbocycles. The summed E-state index contributed by atoms with van der Waals surface area (Å²) < 4.78 is 0. The molecule has 0 amide bonds. The molecule has 0 bridgehead atoms. The predicted octanol–water partition coefficient (Wildman–Crippen LogP) is 8.33. The van der Waals surface area contributed by atoms with Crippen molar-refractivity contribution in [3.63, 3.8) is 0 Å². The Hall–Kier alpha value is -5.06. The van der Waals surface area contributed by atoms with E-state index in [1.165, 1.54) is 59.6 Å². The van der Waals surface area contributed by atoms with Gasteiger partial charge in [-0.05, 0) is 70.0 Å². The summed E-state index contributed by atoms with van der Waals surface area (Å²) >= 11 is 1.84. The molecule has 6 aromatic carbocycles. The van der Waals surface area contributed by atoms with Crippen LogP contribution in [-0.2, 0) is 0 Å². The van der Waals surface area contributed by atoms with E-state index < -0.39 is 0 Å². The monoisotopic (exact) mass is 564 g/mol. The normalized spacial score (nSPS) is 12.9. The first-order valence-corrected chi connectivity index (χ1v) is 15.5. The minimum Gasteiger partial charge on any atom is -0.308 e. The number of hydrogen-bond donors (Lipinski definition) is 0. The van der Waals surface area contributed by atoms with E-state index in [-0.39, 0.29) is 6.71 Å². The fraction of sp³-hybridized carbons (Fsp3) is 0. The molecule has 0 N–H and O–H groups in total. The fourth-order valence-electron chi connectivity index (χ4n) is 6.82. The smallest absolute Gasteiger partial charge is 0.245 e. The maximum Gasteiger partial charge on any atom is 0.245 e. The van der Waals surface area contributed by atoms with Crippen LogP contribution < -0.4 is 21.3 Å². The van der Waals surface area contributed by atoms with E-state index in [1.54, 1.807) is 0 Å². The van der Waals surface area contributed by atoms with Crippen LogP contribution >= 0.6 is 11.8 Å². The second kappa shape index (κ2) is 9.76. The Bertz CT molecular complexity index is 2150. The highest BCUT2D eigenvalue weighted by Crippen LogP contribution is 2.51. The van der Waals surface area contributed by atoms with Gasteiger partial charge in [-0.25, -0.2) is 4.98 Å². The van der Waals surface area contributed by atoms with Gasteiger partial charge in [0.25, 0.3) is 0 Å². The van der Waals surface area contributed by atoms with Crippen molar-refractivity contribution < 1.29 is 0 Å². The molecule has 200 valence electrons.